The monoisotopic (exact) mass is 533 g/mol. The van der Waals surface area contributed by atoms with E-state index < -0.39 is 72.3 Å². The maximum atomic E-state index is 13.0. The Balaban J connectivity index is 2.07. The van der Waals surface area contributed by atoms with E-state index in [9.17, 15) is 34.2 Å². The van der Waals surface area contributed by atoms with Crippen LogP contribution in [-0.2, 0) is 30.4 Å². The summed E-state index contributed by atoms with van der Waals surface area (Å²) in [7, 11) is 0. The van der Waals surface area contributed by atoms with Crippen molar-refractivity contribution in [3.63, 3.8) is 0 Å². The second-order valence-corrected chi connectivity index (χ2v) is 9.46. The SMILES string of the molecule is CC(C)C(NC(=O)C(NC(=O)C(N)Cc1c[nH]c2ccccc12)C(C)O)C(=O)NC(CCC(=O)O)C(=O)O. The minimum atomic E-state index is -1.48. The van der Waals surface area contributed by atoms with Gasteiger partial charge in [-0.25, -0.2) is 4.79 Å². The highest BCUT2D eigenvalue weighted by atomic mass is 16.4. The molecule has 0 saturated heterocycles. The minimum Gasteiger partial charge on any atom is -0.481 e. The van der Waals surface area contributed by atoms with Crippen molar-refractivity contribution in [2.45, 2.75) is 70.3 Å². The average molecular weight is 534 g/mol. The molecule has 2 rings (SSSR count). The first kappa shape index (κ1) is 30.3. The molecular weight excluding hydrogens is 498 g/mol. The van der Waals surface area contributed by atoms with E-state index in [1.54, 1.807) is 20.0 Å². The van der Waals surface area contributed by atoms with Crippen molar-refractivity contribution in [3.05, 3.63) is 36.0 Å². The van der Waals surface area contributed by atoms with Crippen LogP contribution in [0, 0.1) is 5.92 Å². The summed E-state index contributed by atoms with van der Waals surface area (Å²) in [6, 6.07) is 2.27. The van der Waals surface area contributed by atoms with E-state index >= 15 is 0 Å². The number of aliphatic hydroxyl groups excluding tert-OH is 1. The number of nitrogens with two attached hydrogens (primary N) is 1. The lowest BCUT2D eigenvalue weighted by Gasteiger charge is -2.28. The highest BCUT2D eigenvalue weighted by Crippen LogP contribution is 2.19. The van der Waals surface area contributed by atoms with Crippen LogP contribution in [0.15, 0.2) is 30.5 Å². The molecule has 0 radical (unpaired) electrons. The molecule has 0 aliphatic rings. The van der Waals surface area contributed by atoms with Crippen LogP contribution in [0.3, 0.4) is 0 Å². The zero-order valence-electron chi connectivity index (χ0n) is 21.4. The van der Waals surface area contributed by atoms with Gasteiger partial charge in [0, 0.05) is 23.5 Å². The van der Waals surface area contributed by atoms with Crippen LogP contribution in [0.5, 0.6) is 0 Å². The van der Waals surface area contributed by atoms with Crippen molar-refractivity contribution in [1.82, 2.24) is 20.9 Å². The number of aromatic nitrogens is 1. The molecule has 0 bridgehead atoms. The summed E-state index contributed by atoms with van der Waals surface area (Å²) in [5.41, 5.74) is 7.75. The molecule has 208 valence electrons. The van der Waals surface area contributed by atoms with Gasteiger partial charge in [0.25, 0.3) is 0 Å². The molecule has 3 amide bonds. The first-order valence-electron chi connectivity index (χ1n) is 12.2. The third kappa shape index (κ3) is 8.28. The van der Waals surface area contributed by atoms with Crippen LogP contribution in [0.2, 0.25) is 0 Å². The Hall–Kier alpha value is -3.97. The van der Waals surface area contributed by atoms with Gasteiger partial charge < -0.3 is 42.0 Å². The zero-order valence-corrected chi connectivity index (χ0v) is 21.4. The highest BCUT2D eigenvalue weighted by Gasteiger charge is 2.34. The number of benzene rings is 1. The fourth-order valence-corrected chi connectivity index (χ4v) is 3.86. The molecule has 9 N–H and O–H groups in total. The molecule has 13 heteroatoms. The van der Waals surface area contributed by atoms with E-state index in [-0.39, 0.29) is 12.8 Å². The lowest BCUT2D eigenvalue weighted by Crippen LogP contribution is -2.60. The number of carboxylic acids is 2. The van der Waals surface area contributed by atoms with E-state index in [0.717, 1.165) is 16.5 Å². The third-order valence-corrected chi connectivity index (χ3v) is 6.02. The lowest BCUT2D eigenvalue weighted by atomic mass is 10.0. The molecule has 1 aromatic heterocycles. The highest BCUT2D eigenvalue weighted by molar-refractivity contribution is 5.95. The number of nitrogens with one attached hydrogen (secondary N) is 4. The zero-order chi connectivity index (χ0) is 28.6. The van der Waals surface area contributed by atoms with Gasteiger partial charge in [-0.3, -0.25) is 19.2 Å². The van der Waals surface area contributed by atoms with Gasteiger partial charge in [0.2, 0.25) is 17.7 Å². The number of rotatable bonds is 14. The normalized spacial score (nSPS) is 15.2. The lowest BCUT2D eigenvalue weighted by molar-refractivity contribution is -0.143. The second kappa shape index (κ2) is 13.5. The quantitative estimate of drug-likeness (QED) is 0.156. The second-order valence-electron chi connectivity index (χ2n) is 9.46. The number of hydrogen-bond donors (Lipinski definition) is 8. The number of aliphatic hydroxyl groups is 1. The Kier molecular flexibility index (Phi) is 10.8. The Bertz CT molecular complexity index is 1160. The first-order valence-corrected chi connectivity index (χ1v) is 12.2. The van der Waals surface area contributed by atoms with Crippen molar-refractivity contribution in [2.75, 3.05) is 0 Å². The van der Waals surface area contributed by atoms with E-state index in [2.05, 4.69) is 20.9 Å². The molecule has 0 aliphatic carbocycles. The molecule has 2 aromatic rings. The maximum absolute atomic E-state index is 13.0. The molecule has 0 spiro atoms. The van der Waals surface area contributed by atoms with Crippen LogP contribution in [-0.4, -0.2) is 80.2 Å². The Labute approximate surface area is 219 Å². The summed E-state index contributed by atoms with van der Waals surface area (Å²) in [6.45, 7) is 4.49. The first-order chi connectivity index (χ1) is 17.8. The van der Waals surface area contributed by atoms with Crippen LogP contribution in [0.4, 0.5) is 0 Å². The molecular formula is C25H35N5O8. The number of carboxylic acid groups (broad SMARTS) is 2. The van der Waals surface area contributed by atoms with E-state index in [1.165, 1.54) is 6.92 Å². The van der Waals surface area contributed by atoms with Gasteiger partial charge >= 0.3 is 11.9 Å². The van der Waals surface area contributed by atoms with Crippen molar-refractivity contribution in [3.8, 4) is 0 Å². The Morgan fingerprint density at radius 3 is 2.11 bits per heavy atom. The number of aliphatic carboxylic acids is 2. The van der Waals surface area contributed by atoms with Crippen LogP contribution < -0.4 is 21.7 Å². The van der Waals surface area contributed by atoms with Crippen LogP contribution in [0.25, 0.3) is 10.9 Å². The van der Waals surface area contributed by atoms with Gasteiger partial charge in [0.1, 0.15) is 18.1 Å². The summed E-state index contributed by atoms with van der Waals surface area (Å²) in [4.78, 5) is 63.9. The van der Waals surface area contributed by atoms with Gasteiger partial charge in [0.05, 0.1) is 12.1 Å². The largest absolute Gasteiger partial charge is 0.481 e. The molecule has 5 atom stereocenters. The predicted octanol–water partition coefficient (Wildman–Crippen LogP) is -0.522. The summed E-state index contributed by atoms with van der Waals surface area (Å²) in [5.74, 6) is -5.58. The minimum absolute atomic E-state index is 0.161. The summed E-state index contributed by atoms with van der Waals surface area (Å²) in [6.07, 6.45) is -0.282. The number of amides is 3. The number of fused-ring (bicyclic) bond motifs is 1. The maximum Gasteiger partial charge on any atom is 0.326 e. The summed E-state index contributed by atoms with van der Waals surface area (Å²) < 4.78 is 0. The molecule has 0 saturated carbocycles. The Morgan fingerprint density at radius 1 is 0.921 bits per heavy atom. The van der Waals surface area contributed by atoms with Gasteiger partial charge in [-0.15, -0.1) is 0 Å². The standard InChI is InChI=1S/C25H35N5O8/c1-12(2)20(23(35)28-18(25(37)38)8-9-19(32)33)29-24(36)21(13(3)31)30-22(34)16(26)10-14-11-27-17-7-5-4-6-15(14)17/h4-7,11-13,16,18,20-21,27,31H,8-10,26H2,1-3H3,(H,28,35)(H,29,36)(H,30,34)(H,32,33)(H,37,38). The molecule has 0 fully saturated rings. The van der Waals surface area contributed by atoms with E-state index in [0.29, 0.717) is 0 Å². The van der Waals surface area contributed by atoms with Crippen molar-refractivity contribution >= 4 is 40.6 Å². The van der Waals surface area contributed by atoms with E-state index in [1.807, 2.05) is 24.3 Å². The molecule has 0 aliphatic heterocycles. The number of carbonyl (C=O) groups excluding carboxylic acids is 3. The predicted molar refractivity (Wildman–Crippen MR) is 137 cm³/mol. The van der Waals surface area contributed by atoms with Crippen LogP contribution in [0.1, 0.15) is 39.2 Å². The molecule has 13 nitrogen and oxygen atoms in total. The number of para-hydroxylation sites is 1. The van der Waals surface area contributed by atoms with Gasteiger partial charge in [0.15, 0.2) is 0 Å². The van der Waals surface area contributed by atoms with Gasteiger partial charge in [-0.2, -0.15) is 0 Å². The van der Waals surface area contributed by atoms with Crippen molar-refractivity contribution < 1.29 is 39.3 Å². The fourth-order valence-electron chi connectivity index (χ4n) is 3.86. The average Bonchev–Trinajstić information content (AvgIpc) is 3.24. The molecule has 1 aromatic carbocycles. The van der Waals surface area contributed by atoms with Gasteiger partial charge in [-0.05, 0) is 37.3 Å². The van der Waals surface area contributed by atoms with Gasteiger partial charge in [-0.1, -0.05) is 32.0 Å². The Morgan fingerprint density at radius 2 is 1.53 bits per heavy atom. The smallest absolute Gasteiger partial charge is 0.326 e. The van der Waals surface area contributed by atoms with E-state index in [4.69, 9.17) is 10.8 Å². The van der Waals surface area contributed by atoms with Crippen molar-refractivity contribution in [2.24, 2.45) is 11.7 Å². The summed E-state index contributed by atoms with van der Waals surface area (Å²) >= 11 is 0. The number of carbonyl (C=O) groups is 5. The number of hydrogen-bond acceptors (Lipinski definition) is 7. The fraction of sp³-hybridized carbons (Fsp3) is 0.480. The van der Waals surface area contributed by atoms with Crippen molar-refractivity contribution in [1.29, 1.82) is 0 Å². The summed E-state index contributed by atoms with van der Waals surface area (Å²) in [5, 5.41) is 36.3. The topological polar surface area (TPSA) is 224 Å². The third-order valence-electron chi connectivity index (χ3n) is 6.02. The molecule has 38 heavy (non-hydrogen) atoms. The number of aromatic amines is 1. The molecule has 5 unspecified atom stereocenters. The van der Waals surface area contributed by atoms with Crippen LogP contribution >= 0.6 is 0 Å². The number of H-pyrrole nitrogens is 1. The molecule has 1 heterocycles.